The summed E-state index contributed by atoms with van der Waals surface area (Å²) in [7, 11) is -3.75. The van der Waals surface area contributed by atoms with Crippen LogP contribution in [0, 0.1) is 0 Å². The van der Waals surface area contributed by atoms with E-state index >= 15 is 0 Å². The number of rotatable bonds is 10. The molecule has 0 aliphatic heterocycles. The van der Waals surface area contributed by atoms with Crippen molar-refractivity contribution in [1.29, 1.82) is 0 Å². The molecule has 9 heteroatoms. The molecule has 2 aromatic rings. The van der Waals surface area contributed by atoms with Crippen LogP contribution in [0.2, 0.25) is 5.02 Å². The summed E-state index contributed by atoms with van der Waals surface area (Å²) in [5.41, 5.74) is 1.53. The second-order valence-electron chi connectivity index (χ2n) is 6.58. The van der Waals surface area contributed by atoms with Crippen molar-refractivity contribution in [2.45, 2.75) is 44.0 Å². The van der Waals surface area contributed by atoms with Gasteiger partial charge in [0.15, 0.2) is 0 Å². The van der Waals surface area contributed by atoms with E-state index in [1.807, 2.05) is 6.92 Å². The molecular formula is C21H25ClN2O4S2. The SMILES string of the molecule is CCC[C@@H](NS(=O)(=O)c1ccc(Cl)cc1)C(=S)Nc1ccc(CC(=O)OCC)cc1. The summed E-state index contributed by atoms with van der Waals surface area (Å²) in [5.74, 6) is -0.284. The van der Waals surface area contributed by atoms with Crippen LogP contribution >= 0.6 is 23.8 Å². The first kappa shape index (κ1) is 24.3. The Morgan fingerprint density at radius 3 is 2.30 bits per heavy atom. The summed E-state index contributed by atoms with van der Waals surface area (Å²) < 4.78 is 33.0. The average Bonchev–Trinajstić information content (AvgIpc) is 2.69. The number of halogens is 1. The van der Waals surface area contributed by atoms with Gasteiger partial charge in [0.1, 0.15) is 0 Å². The Morgan fingerprint density at radius 1 is 1.10 bits per heavy atom. The van der Waals surface area contributed by atoms with Crippen LogP contribution in [0.3, 0.4) is 0 Å². The molecule has 0 unspecified atom stereocenters. The molecule has 0 spiro atoms. The van der Waals surface area contributed by atoms with Gasteiger partial charge in [-0.25, -0.2) is 13.1 Å². The first-order valence-corrected chi connectivity index (χ1v) is 11.9. The molecule has 162 valence electrons. The lowest BCUT2D eigenvalue weighted by atomic mass is 10.1. The molecule has 0 heterocycles. The number of thiocarbonyl (C=S) groups is 1. The van der Waals surface area contributed by atoms with Crippen molar-refractivity contribution in [3.8, 4) is 0 Å². The number of ether oxygens (including phenoxy) is 1. The van der Waals surface area contributed by atoms with Gasteiger partial charge in [-0.15, -0.1) is 0 Å². The van der Waals surface area contributed by atoms with Gasteiger partial charge in [0.05, 0.1) is 29.0 Å². The summed E-state index contributed by atoms with van der Waals surface area (Å²) in [6.45, 7) is 4.06. The number of nitrogens with one attached hydrogen (secondary N) is 2. The molecule has 0 aliphatic rings. The topological polar surface area (TPSA) is 84.5 Å². The van der Waals surface area contributed by atoms with Crippen molar-refractivity contribution in [2.24, 2.45) is 0 Å². The zero-order valence-corrected chi connectivity index (χ0v) is 19.2. The number of hydrogen-bond donors (Lipinski definition) is 2. The molecule has 0 aliphatic carbocycles. The molecule has 0 fully saturated rings. The van der Waals surface area contributed by atoms with Gasteiger partial charge in [0.25, 0.3) is 0 Å². The molecule has 2 aromatic carbocycles. The van der Waals surface area contributed by atoms with E-state index in [4.69, 9.17) is 28.6 Å². The molecule has 0 radical (unpaired) electrons. The summed E-state index contributed by atoms with van der Waals surface area (Å²) in [6.07, 6.45) is 1.48. The lowest BCUT2D eigenvalue weighted by Crippen LogP contribution is -2.42. The molecule has 0 bridgehead atoms. The standard InChI is InChI=1S/C21H25ClN2O4S2/c1-3-5-19(24-30(26,27)18-12-8-16(22)9-13-18)21(29)23-17-10-6-15(7-11-17)14-20(25)28-4-2/h6-13,19,24H,3-5,14H2,1-2H3,(H,23,29)/t19-/m1/s1. The molecule has 2 N–H and O–H groups in total. The molecule has 1 atom stereocenters. The zero-order valence-electron chi connectivity index (χ0n) is 16.9. The smallest absolute Gasteiger partial charge is 0.310 e. The monoisotopic (exact) mass is 468 g/mol. The van der Waals surface area contributed by atoms with Gasteiger partial charge in [-0.1, -0.05) is 49.3 Å². The van der Waals surface area contributed by atoms with Gasteiger partial charge in [0, 0.05) is 10.7 Å². The zero-order chi connectivity index (χ0) is 22.1. The Kier molecular flexibility index (Phi) is 9.23. The van der Waals surface area contributed by atoms with E-state index in [-0.39, 0.29) is 17.3 Å². The number of benzene rings is 2. The lowest BCUT2D eigenvalue weighted by Gasteiger charge is -2.20. The highest BCUT2D eigenvalue weighted by atomic mass is 35.5. The maximum atomic E-state index is 12.7. The normalized spacial score (nSPS) is 12.2. The Bertz CT molecular complexity index is 962. The molecule has 2 rings (SSSR count). The third-order valence-corrected chi connectivity index (χ3v) is 6.32. The minimum atomic E-state index is -3.75. The number of esters is 1. The van der Waals surface area contributed by atoms with Crippen LogP contribution in [-0.2, 0) is 26.0 Å². The Morgan fingerprint density at radius 2 is 1.73 bits per heavy atom. The molecule has 6 nitrogen and oxygen atoms in total. The highest BCUT2D eigenvalue weighted by Crippen LogP contribution is 2.17. The van der Waals surface area contributed by atoms with Crippen LogP contribution in [0.25, 0.3) is 0 Å². The van der Waals surface area contributed by atoms with E-state index in [2.05, 4.69) is 10.0 Å². The number of sulfonamides is 1. The number of anilines is 1. The van der Waals surface area contributed by atoms with Crippen LogP contribution in [-0.4, -0.2) is 32.0 Å². The highest BCUT2D eigenvalue weighted by molar-refractivity contribution is 7.89. The fraction of sp³-hybridized carbons (Fsp3) is 0.333. The molecule has 30 heavy (non-hydrogen) atoms. The fourth-order valence-corrected chi connectivity index (χ4v) is 4.45. The summed E-state index contributed by atoms with van der Waals surface area (Å²) in [4.78, 5) is 12.1. The Balaban J connectivity index is 2.06. The van der Waals surface area contributed by atoms with Crippen LogP contribution in [0.15, 0.2) is 53.4 Å². The number of carbonyl (C=O) groups is 1. The predicted octanol–water partition coefficient (Wildman–Crippen LogP) is 4.33. The van der Waals surface area contributed by atoms with Crippen LogP contribution in [0.4, 0.5) is 5.69 Å². The lowest BCUT2D eigenvalue weighted by molar-refractivity contribution is -0.142. The van der Waals surface area contributed by atoms with E-state index in [1.165, 1.54) is 24.3 Å². The van der Waals surface area contributed by atoms with Crippen molar-refractivity contribution < 1.29 is 17.9 Å². The van der Waals surface area contributed by atoms with E-state index in [0.29, 0.717) is 28.7 Å². The third-order valence-electron chi connectivity index (χ3n) is 4.19. The van der Waals surface area contributed by atoms with Crippen molar-refractivity contribution in [3.05, 3.63) is 59.1 Å². The maximum Gasteiger partial charge on any atom is 0.310 e. The van der Waals surface area contributed by atoms with Gasteiger partial charge in [-0.3, -0.25) is 4.79 Å². The summed E-state index contributed by atoms with van der Waals surface area (Å²) in [6, 6.07) is 12.6. The third kappa shape index (κ3) is 7.36. The molecule has 0 amide bonds. The predicted molar refractivity (Wildman–Crippen MR) is 123 cm³/mol. The molecule has 0 aromatic heterocycles. The van der Waals surface area contributed by atoms with Crippen molar-refractivity contribution in [3.63, 3.8) is 0 Å². The summed E-state index contributed by atoms with van der Waals surface area (Å²) in [5, 5.41) is 3.54. The van der Waals surface area contributed by atoms with Crippen molar-refractivity contribution >= 4 is 50.5 Å². The highest BCUT2D eigenvalue weighted by Gasteiger charge is 2.23. The minimum absolute atomic E-state index is 0.124. The molecule has 0 saturated carbocycles. The van der Waals surface area contributed by atoms with E-state index < -0.39 is 16.1 Å². The van der Waals surface area contributed by atoms with Gasteiger partial charge in [-0.2, -0.15) is 0 Å². The van der Waals surface area contributed by atoms with E-state index in [1.54, 1.807) is 31.2 Å². The first-order chi connectivity index (χ1) is 14.2. The van der Waals surface area contributed by atoms with E-state index in [9.17, 15) is 13.2 Å². The van der Waals surface area contributed by atoms with Gasteiger partial charge >= 0.3 is 5.97 Å². The number of carbonyl (C=O) groups excluding carboxylic acids is 1. The molecule has 0 saturated heterocycles. The van der Waals surface area contributed by atoms with Crippen LogP contribution in [0.5, 0.6) is 0 Å². The molecular weight excluding hydrogens is 444 g/mol. The number of hydrogen-bond acceptors (Lipinski definition) is 5. The quantitative estimate of drug-likeness (QED) is 0.398. The van der Waals surface area contributed by atoms with Crippen LogP contribution in [0.1, 0.15) is 32.3 Å². The van der Waals surface area contributed by atoms with Crippen LogP contribution < -0.4 is 10.0 Å². The Hall–Kier alpha value is -2.00. The first-order valence-electron chi connectivity index (χ1n) is 9.58. The van der Waals surface area contributed by atoms with E-state index in [0.717, 1.165) is 12.0 Å². The largest absolute Gasteiger partial charge is 0.466 e. The van der Waals surface area contributed by atoms with Crippen molar-refractivity contribution in [2.75, 3.05) is 11.9 Å². The fourth-order valence-electron chi connectivity index (χ4n) is 2.72. The van der Waals surface area contributed by atoms with Gasteiger partial charge in [0.2, 0.25) is 10.0 Å². The minimum Gasteiger partial charge on any atom is -0.466 e. The van der Waals surface area contributed by atoms with Gasteiger partial charge in [-0.05, 0) is 55.3 Å². The summed E-state index contributed by atoms with van der Waals surface area (Å²) >= 11 is 11.3. The average molecular weight is 469 g/mol. The maximum absolute atomic E-state index is 12.7. The van der Waals surface area contributed by atoms with Crippen molar-refractivity contribution in [1.82, 2.24) is 4.72 Å². The second-order valence-corrected chi connectivity index (χ2v) is 9.17. The second kappa shape index (κ2) is 11.4. The Labute approximate surface area is 188 Å². The van der Waals surface area contributed by atoms with Gasteiger partial charge < -0.3 is 10.1 Å².